The van der Waals surface area contributed by atoms with Crippen molar-refractivity contribution in [2.45, 2.75) is 17.9 Å². The highest BCUT2D eigenvalue weighted by Crippen LogP contribution is 2.18. The number of carbonyl (C=O) groups is 1. The van der Waals surface area contributed by atoms with Gasteiger partial charge in [-0.05, 0) is 66.1 Å². The van der Waals surface area contributed by atoms with Gasteiger partial charge in [-0.15, -0.1) is 0 Å². The molecular formula is C29H28N2O5S. The number of carbonyl (C=O) groups excluding carboxylic acids is 1. The van der Waals surface area contributed by atoms with E-state index in [1.165, 1.54) is 24.3 Å². The lowest BCUT2D eigenvalue weighted by Gasteiger charge is -2.10. The average molecular weight is 517 g/mol. The van der Waals surface area contributed by atoms with Crippen molar-refractivity contribution in [2.24, 2.45) is 0 Å². The van der Waals surface area contributed by atoms with Crippen molar-refractivity contribution in [2.75, 3.05) is 18.5 Å². The van der Waals surface area contributed by atoms with E-state index in [0.717, 1.165) is 11.1 Å². The highest BCUT2D eigenvalue weighted by molar-refractivity contribution is 7.89. The summed E-state index contributed by atoms with van der Waals surface area (Å²) in [6.45, 7) is 0.544. The van der Waals surface area contributed by atoms with Crippen LogP contribution in [0.3, 0.4) is 0 Å². The zero-order valence-electron chi connectivity index (χ0n) is 20.2. The molecule has 37 heavy (non-hydrogen) atoms. The molecule has 0 radical (unpaired) electrons. The summed E-state index contributed by atoms with van der Waals surface area (Å²) in [6, 6.07) is 32.5. The van der Waals surface area contributed by atoms with Gasteiger partial charge in [0.05, 0.1) is 4.90 Å². The van der Waals surface area contributed by atoms with Crippen molar-refractivity contribution in [1.82, 2.24) is 4.72 Å². The van der Waals surface area contributed by atoms with Crippen molar-refractivity contribution in [3.8, 4) is 11.5 Å². The first kappa shape index (κ1) is 25.9. The van der Waals surface area contributed by atoms with E-state index in [1.807, 2.05) is 60.7 Å². The van der Waals surface area contributed by atoms with Gasteiger partial charge in [-0.25, -0.2) is 13.1 Å². The molecule has 4 aromatic carbocycles. The monoisotopic (exact) mass is 516 g/mol. The number of ether oxygens (including phenoxy) is 2. The Morgan fingerprint density at radius 1 is 0.676 bits per heavy atom. The molecule has 190 valence electrons. The third kappa shape index (κ3) is 8.20. The fourth-order valence-corrected chi connectivity index (χ4v) is 4.53. The first-order chi connectivity index (χ1) is 18.0. The molecule has 0 bridgehead atoms. The van der Waals surface area contributed by atoms with Gasteiger partial charge in [-0.3, -0.25) is 4.79 Å². The van der Waals surface area contributed by atoms with Gasteiger partial charge < -0.3 is 14.8 Å². The Balaban J connectivity index is 1.20. The van der Waals surface area contributed by atoms with E-state index < -0.39 is 10.0 Å². The third-order valence-corrected chi connectivity index (χ3v) is 6.92. The van der Waals surface area contributed by atoms with Crippen LogP contribution >= 0.6 is 0 Å². The maximum absolute atomic E-state index is 12.5. The van der Waals surface area contributed by atoms with E-state index in [0.29, 0.717) is 36.8 Å². The number of benzene rings is 4. The smallest absolute Gasteiger partial charge is 0.262 e. The van der Waals surface area contributed by atoms with Crippen LogP contribution in [0.4, 0.5) is 5.69 Å². The van der Waals surface area contributed by atoms with Gasteiger partial charge in [0.2, 0.25) is 10.0 Å². The van der Waals surface area contributed by atoms with Crippen LogP contribution in [-0.2, 0) is 27.8 Å². The molecular weight excluding hydrogens is 488 g/mol. The van der Waals surface area contributed by atoms with Gasteiger partial charge in [-0.1, -0.05) is 60.7 Å². The number of hydrogen-bond donors (Lipinski definition) is 2. The topological polar surface area (TPSA) is 93.7 Å². The minimum absolute atomic E-state index is 0.131. The summed E-state index contributed by atoms with van der Waals surface area (Å²) in [5.41, 5.74) is 2.74. The summed E-state index contributed by atoms with van der Waals surface area (Å²) < 4.78 is 38.9. The minimum Gasteiger partial charge on any atom is -0.489 e. The van der Waals surface area contributed by atoms with Crippen molar-refractivity contribution >= 4 is 21.6 Å². The molecule has 0 atom stereocenters. The molecule has 8 heteroatoms. The van der Waals surface area contributed by atoms with Crippen molar-refractivity contribution < 1.29 is 22.7 Å². The van der Waals surface area contributed by atoms with Crippen LogP contribution in [0.25, 0.3) is 0 Å². The summed E-state index contributed by atoms with van der Waals surface area (Å²) >= 11 is 0. The molecule has 4 aromatic rings. The fraction of sp³-hybridized carbons (Fsp3) is 0.138. The van der Waals surface area contributed by atoms with E-state index in [4.69, 9.17) is 9.47 Å². The molecule has 7 nitrogen and oxygen atoms in total. The molecule has 0 fully saturated rings. The van der Waals surface area contributed by atoms with Gasteiger partial charge in [0, 0.05) is 12.2 Å². The Bertz CT molecular complexity index is 1380. The lowest BCUT2D eigenvalue weighted by Crippen LogP contribution is -2.26. The normalized spacial score (nSPS) is 11.0. The first-order valence-corrected chi connectivity index (χ1v) is 13.3. The molecule has 0 saturated heterocycles. The molecule has 0 aromatic heterocycles. The molecule has 0 aliphatic heterocycles. The molecule has 0 heterocycles. The quantitative estimate of drug-likeness (QED) is 0.282. The Labute approximate surface area is 217 Å². The Kier molecular flexibility index (Phi) is 8.91. The van der Waals surface area contributed by atoms with Crippen LogP contribution in [0.1, 0.15) is 11.1 Å². The zero-order valence-corrected chi connectivity index (χ0v) is 21.0. The van der Waals surface area contributed by atoms with E-state index in [2.05, 4.69) is 10.0 Å². The van der Waals surface area contributed by atoms with Gasteiger partial charge in [0.1, 0.15) is 18.1 Å². The summed E-state index contributed by atoms with van der Waals surface area (Å²) in [7, 11) is -3.64. The molecule has 2 N–H and O–H groups in total. The van der Waals surface area contributed by atoms with E-state index >= 15 is 0 Å². The summed E-state index contributed by atoms with van der Waals surface area (Å²) in [4.78, 5) is 12.4. The largest absolute Gasteiger partial charge is 0.489 e. The summed E-state index contributed by atoms with van der Waals surface area (Å²) in [5, 5.41) is 2.76. The number of rotatable bonds is 12. The minimum atomic E-state index is -3.64. The fourth-order valence-electron chi connectivity index (χ4n) is 3.49. The lowest BCUT2D eigenvalue weighted by atomic mass is 10.2. The van der Waals surface area contributed by atoms with Gasteiger partial charge in [0.25, 0.3) is 5.91 Å². The second kappa shape index (κ2) is 12.7. The van der Waals surface area contributed by atoms with Gasteiger partial charge in [-0.2, -0.15) is 0 Å². The van der Waals surface area contributed by atoms with Crippen LogP contribution in [0.2, 0.25) is 0 Å². The number of anilines is 1. The number of amides is 1. The van der Waals surface area contributed by atoms with Crippen LogP contribution in [0.5, 0.6) is 11.5 Å². The number of sulfonamides is 1. The van der Waals surface area contributed by atoms with Crippen LogP contribution < -0.4 is 19.5 Å². The van der Waals surface area contributed by atoms with E-state index in [1.54, 1.807) is 24.3 Å². The summed E-state index contributed by atoms with van der Waals surface area (Å²) in [5.74, 6) is 0.753. The predicted octanol–water partition coefficient (Wildman–Crippen LogP) is 4.80. The highest BCUT2D eigenvalue weighted by Gasteiger charge is 2.14. The number of hydrogen-bond acceptors (Lipinski definition) is 5. The van der Waals surface area contributed by atoms with E-state index in [9.17, 15) is 13.2 Å². The van der Waals surface area contributed by atoms with Crippen LogP contribution in [0, 0.1) is 0 Å². The maximum atomic E-state index is 12.5. The van der Waals surface area contributed by atoms with Gasteiger partial charge in [0.15, 0.2) is 6.61 Å². The first-order valence-electron chi connectivity index (χ1n) is 11.8. The van der Waals surface area contributed by atoms with Crippen LogP contribution in [0.15, 0.2) is 114 Å². The Morgan fingerprint density at radius 2 is 1.24 bits per heavy atom. The van der Waals surface area contributed by atoms with Crippen molar-refractivity contribution in [3.63, 3.8) is 0 Å². The molecule has 0 spiro atoms. The van der Waals surface area contributed by atoms with Crippen LogP contribution in [-0.4, -0.2) is 27.5 Å². The molecule has 0 aliphatic rings. The Morgan fingerprint density at radius 3 is 1.89 bits per heavy atom. The highest BCUT2D eigenvalue weighted by atomic mass is 32.2. The van der Waals surface area contributed by atoms with Gasteiger partial charge >= 0.3 is 0 Å². The Hall–Kier alpha value is -4.14. The third-order valence-electron chi connectivity index (χ3n) is 5.44. The second-order valence-corrected chi connectivity index (χ2v) is 10.0. The molecule has 1 amide bonds. The molecule has 0 unspecified atom stereocenters. The SMILES string of the molecule is O=C(COc1ccc(S(=O)(=O)NCCc2ccccc2)cc1)Nc1ccc(OCc2ccccc2)cc1. The molecule has 0 saturated carbocycles. The predicted molar refractivity (Wildman–Crippen MR) is 143 cm³/mol. The zero-order chi connectivity index (χ0) is 25.9. The standard InChI is InChI=1S/C29H28N2O5S/c32-29(31-25-11-13-26(14-12-25)35-21-24-9-5-2-6-10-24)22-36-27-15-17-28(18-16-27)37(33,34)30-20-19-23-7-3-1-4-8-23/h1-18,30H,19-22H2,(H,31,32). The molecule has 0 aliphatic carbocycles. The summed E-state index contributed by atoms with van der Waals surface area (Å²) in [6.07, 6.45) is 0.597. The second-order valence-electron chi connectivity index (χ2n) is 8.24. The van der Waals surface area contributed by atoms with E-state index in [-0.39, 0.29) is 17.4 Å². The average Bonchev–Trinajstić information content (AvgIpc) is 2.93. The maximum Gasteiger partial charge on any atom is 0.262 e. The van der Waals surface area contributed by atoms with Crippen molar-refractivity contribution in [1.29, 1.82) is 0 Å². The van der Waals surface area contributed by atoms with Crippen molar-refractivity contribution in [3.05, 3.63) is 120 Å². The lowest BCUT2D eigenvalue weighted by molar-refractivity contribution is -0.118. The molecule has 4 rings (SSSR count). The number of nitrogens with one attached hydrogen (secondary N) is 2.